The topological polar surface area (TPSA) is 95.5 Å². The summed E-state index contributed by atoms with van der Waals surface area (Å²) in [5, 5.41) is 0.398. The second-order valence-corrected chi connectivity index (χ2v) is 12.5. The normalized spacial score (nSPS) is 23.0. The van der Waals surface area contributed by atoms with Gasteiger partial charge < -0.3 is 20.1 Å². The third kappa shape index (κ3) is 5.24. The Morgan fingerprint density at radius 2 is 1.88 bits per heavy atom. The maximum absolute atomic E-state index is 15.1. The predicted octanol–water partition coefficient (Wildman–Crippen LogP) is 7.07. The van der Waals surface area contributed by atoms with Crippen LogP contribution in [0.1, 0.15) is 77.5 Å². The van der Waals surface area contributed by atoms with Gasteiger partial charge in [-0.15, -0.1) is 0 Å². The average molecular weight is 566 g/mol. The van der Waals surface area contributed by atoms with Crippen LogP contribution in [-0.4, -0.2) is 50.3 Å². The molecule has 2 unspecified atom stereocenters. The zero-order valence-corrected chi connectivity index (χ0v) is 23.8. The van der Waals surface area contributed by atoms with Crippen molar-refractivity contribution < 1.29 is 23.0 Å². The number of ether oxygens (including phenoxy) is 2. The highest BCUT2D eigenvalue weighted by molar-refractivity contribution is 6.02. The van der Waals surface area contributed by atoms with Crippen molar-refractivity contribution in [1.82, 2.24) is 19.4 Å². The molecule has 0 bridgehead atoms. The van der Waals surface area contributed by atoms with Gasteiger partial charge in [0.1, 0.15) is 23.5 Å². The molecule has 2 aromatic heterocycles. The number of nitrogens with zero attached hydrogens (tertiary/aromatic N) is 4. The predicted molar refractivity (Wildman–Crippen MR) is 153 cm³/mol. The van der Waals surface area contributed by atoms with Gasteiger partial charge in [-0.3, -0.25) is 4.57 Å². The van der Waals surface area contributed by atoms with Crippen molar-refractivity contribution in [2.45, 2.75) is 83.5 Å². The van der Waals surface area contributed by atoms with Crippen LogP contribution in [0, 0.1) is 5.41 Å². The number of fused-ring (bicyclic) bond motifs is 1. The molecule has 2 fully saturated rings. The number of rotatable bonds is 5. The van der Waals surface area contributed by atoms with Crippen molar-refractivity contribution in [2.24, 2.45) is 5.41 Å². The number of carbonyl (C=O) groups excluding carboxylic acids is 1. The number of nitrogen functional groups attached to an aromatic ring is 1. The molecule has 1 amide bonds. The summed E-state index contributed by atoms with van der Waals surface area (Å²) in [6.07, 6.45) is 10.5. The molecule has 0 radical (unpaired) electrons. The quantitative estimate of drug-likeness (QED) is 0.333. The molecule has 3 heterocycles. The smallest absolute Gasteiger partial charge is 0.410 e. The zero-order chi connectivity index (χ0) is 28.9. The number of benzene rings is 1. The van der Waals surface area contributed by atoms with E-state index in [2.05, 4.69) is 22.1 Å². The maximum atomic E-state index is 15.1. The number of nitrogens with two attached hydrogens (primary N) is 1. The lowest BCUT2D eigenvalue weighted by atomic mass is 9.62. The van der Waals surface area contributed by atoms with Crippen molar-refractivity contribution in [3.63, 3.8) is 0 Å². The first kappa shape index (κ1) is 27.5. The number of likely N-dealkylation sites (tertiary alicyclic amines) is 1. The Kier molecular flexibility index (Phi) is 6.90. The number of amides is 1. The molecule has 3 aromatic rings. The third-order valence-electron chi connectivity index (χ3n) is 8.52. The van der Waals surface area contributed by atoms with E-state index in [-0.39, 0.29) is 29.5 Å². The Hall–Kier alpha value is -3.69. The van der Waals surface area contributed by atoms with E-state index in [9.17, 15) is 4.79 Å². The first-order valence-corrected chi connectivity index (χ1v) is 14.4. The molecule has 41 heavy (non-hydrogen) atoms. The SMILES string of the molecule is CC(C)(C)OC(=O)N1CCC2(CC=CCC2)C(c2c(-c3ccc(OC4CC4)cc3)c3c(N)ncnc3n2C(F)F)C1. The summed E-state index contributed by atoms with van der Waals surface area (Å²) in [5.74, 6) is 0.456. The van der Waals surface area contributed by atoms with Gasteiger partial charge in [-0.05, 0) is 82.4 Å². The molecule has 3 aliphatic rings. The lowest BCUT2D eigenvalue weighted by Crippen LogP contribution is -2.50. The fraction of sp³-hybridized carbons (Fsp3) is 0.516. The first-order valence-electron chi connectivity index (χ1n) is 14.4. The Labute approximate surface area is 238 Å². The lowest BCUT2D eigenvalue weighted by Gasteiger charge is -2.49. The van der Waals surface area contributed by atoms with Gasteiger partial charge >= 0.3 is 12.6 Å². The summed E-state index contributed by atoms with van der Waals surface area (Å²) in [7, 11) is 0. The first-order chi connectivity index (χ1) is 19.6. The number of halogens is 2. The van der Waals surface area contributed by atoms with Gasteiger partial charge in [0.05, 0.1) is 11.5 Å². The molecule has 2 N–H and O–H groups in total. The van der Waals surface area contributed by atoms with Crippen LogP contribution in [0.5, 0.6) is 5.75 Å². The molecule has 2 atom stereocenters. The van der Waals surface area contributed by atoms with Crippen LogP contribution in [-0.2, 0) is 4.74 Å². The average Bonchev–Trinajstić information content (AvgIpc) is 3.67. The monoisotopic (exact) mass is 565 g/mol. The highest BCUT2D eigenvalue weighted by atomic mass is 19.3. The number of allylic oxidation sites excluding steroid dienone is 2. The van der Waals surface area contributed by atoms with Crippen LogP contribution in [0.4, 0.5) is 19.4 Å². The van der Waals surface area contributed by atoms with E-state index in [0.29, 0.717) is 29.6 Å². The van der Waals surface area contributed by atoms with E-state index in [0.717, 1.165) is 48.0 Å². The fourth-order valence-corrected chi connectivity index (χ4v) is 6.44. The largest absolute Gasteiger partial charge is 0.490 e. The fourth-order valence-electron chi connectivity index (χ4n) is 6.44. The second kappa shape index (κ2) is 10.3. The standard InChI is InChI=1S/C31H37F2N5O3/c1-30(2,3)41-29(39)37-16-15-31(13-5-4-6-14-31)22(17-37)25-23(19-7-9-20(10-8-19)40-21-11-12-21)24-26(34)35-18-36-27(24)38(25)28(32)33/h4-5,7-10,18,21-22,28H,6,11-17H2,1-3H3,(H2,34,35,36). The van der Waals surface area contributed by atoms with Crippen molar-refractivity contribution in [3.05, 3.63) is 48.4 Å². The minimum Gasteiger partial charge on any atom is -0.490 e. The van der Waals surface area contributed by atoms with Crippen LogP contribution in [0.3, 0.4) is 0 Å². The molecule has 1 aromatic carbocycles. The molecule has 1 spiro atoms. The summed E-state index contributed by atoms with van der Waals surface area (Å²) in [5.41, 5.74) is 7.24. The van der Waals surface area contributed by atoms with Crippen molar-refractivity contribution in [2.75, 3.05) is 18.8 Å². The Bertz CT molecular complexity index is 1480. The molecule has 1 aliphatic heterocycles. The number of hydrogen-bond donors (Lipinski definition) is 1. The van der Waals surface area contributed by atoms with Crippen molar-refractivity contribution >= 4 is 22.9 Å². The van der Waals surface area contributed by atoms with Gasteiger partial charge in [0.25, 0.3) is 0 Å². The number of piperidine rings is 1. The highest BCUT2D eigenvalue weighted by Gasteiger charge is 2.48. The van der Waals surface area contributed by atoms with E-state index in [1.54, 1.807) is 4.90 Å². The summed E-state index contributed by atoms with van der Waals surface area (Å²) in [6, 6.07) is 7.52. The molecule has 1 saturated heterocycles. The molecule has 8 nitrogen and oxygen atoms in total. The molecule has 6 rings (SSSR count). The number of carbonyl (C=O) groups is 1. The Morgan fingerprint density at radius 1 is 1.12 bits per heavy atom. The minimum atomic E-state index is -2.87. The van der Waals surface area contributed by atoms with E-state index < -0.39 is 24.2 Å². The number of alkyl halides is 2. The van der Waals surface area contributed by atoms with Crippen molar-refractivity contribution in [1.29, 1.82) is 0 Å². The van der Waals surface area contributed by atoms with Crippen LogP contribution in [0.15, 0.2) is 42.7 Å². The highest BCUT2D eigenvalue weighted by Crippen LogP contribution is 2.55. The summed E-state index contributed by atoms with van der Waals surface area (Å²) in [4.78, 5) is 23.4. The molecule has 218 valence electrons. The number of aromatic nitrogens is 3. The van der Waals surface area contributed by atoms with Crippen LogP contribution < -0.4 is 10.5 Å². The van der Waals surface area contributed by atoms with Gasteiger partial charge in [-0.2, -0.15) is 8.78 Å². The molecule has 10 heteroatoms. The Balaban J connectivity index is 1.54. The van der Waals surface area contributed by atoms with Gasteiger partial charge in [0.15, 0.2) is 5.65 Å². The van der Waals surface area contributed by atoms with Crippen LogP contribution in [0.2, 0.25) is 0 Å². The van der Waals surface area contributed by atoms with Gasteiger partial charge in [-0.1, -0.05) is 24.3 Å². The molecule has 2 aliphatic carbocycles. The van der Waals surface area contributed by atoms with E-state index in [1.807, 2.05) is 45.0 Å². The zero-order valence-electron chi connectivity index (χ0n) is 23.8. The summed E-state index contributed by atoms with van der Waals surface area (Å²) >= 11 is 0. The third-order valence-corrected chi connectivity index (χ3v) is 8.52. The lowest BCUT2D eigenvalue weighted by molar-refractivity contribution is -0.000953. The van der Waals surface area contributed by atoms with Crippen LogP contribution >= 0.6 is 0 Å². The van der Waals surface area contributed by atoms with Crippen LogP contribution in [0.25, 0.3) is 22.2 Å². The van der Waals surface area contributed by atoms with Gasteiger partial charge in [0.2, 0.25) is 0 Å². The second-order valence-electron chi connectivity index (χ2n) is 12.5. The Morgan fingerprint density at radius 3 is 2.51 bits per heavy atom. The molecular weight excluding hydrogens is 528 g/mol. The summed E-state index contributed by atoms with van der Waals surface area (Å²) < 4.78 is 43.0. The summed E-state index contributed by atoms with van der Waals surface area (Å²) in [6.45, 7) is 3.34. The minimum absolute atomic E-state index is 0.0895. The van der Waals surface area contributed by atoms with E-state index in [4.69, 9.17) is 15.2 Å². The van der Waals surface area contributed by atoms with E-state index >= 15 is 8.78 Å². The van der Waals surface area contributed by atoms with Crippen molar-refractivity contribution in [3.8, 4) is 16.9 Å². The van der Waals surface area contributed by atoms with Gasteiger partial charge in [0, 0.05) is 30.3 Å². The maximum Gasteiger partial charge on any atom is 0.410 e. The van der Waals surface area contributed by atoms with E-state index in [1.165, 1.54) is 6.33 Å². The van der Waals surface area contributed by atoms with Gasteiger partial charge in [-0.25, -0.2) is 14.8 Å². The molecule has 1 saturated carbocycles. The molecular formula is C31H37F2N5O3. The number of anilines is 1. The number of hydrogen-bond acceptors (Lipinski definition) is 6.